The Bertz CT molecular complexity index is 619. The number of hydrogen-bond acceptors (Lipinski definition) is 4. The molecule has 1 heterocycles. The molecule has 0 aliphatic carbocycles. The number of pyridine rings is 1. The van der Waals surface area contributed by atoms with Gasteiger partial charge in [0.05, 0.1) is 18.0 Å². The van der Waals surface area contributed by atoms with Crippen molar-refractivity contribution in [1.82, 2.24) is 4.98 Å². The Hall–Kier alpha value is -2.45. The summed E-state index contributed by atoms with van der Waals surface area (Å²) in [4.78, 5) is 3.97. The summed E-state index contributed by atoms with van der Waals surface area (Å²) in [6, 6.07) is 11.2. The standard InChI is InChI=1S/C16H16FN3O/c1-11(20-15-7-6-14(9-18)19-10-15)8-16(21)12-2-4-13(17)5-3-12/h2-7,10-11,16,20-21H,8H2,1H3/t11-,16-/m0/s1. The van der Waals surface area contributed by atoms with Crippen LogP contribution in [0.2, 0.25) is 0 Å². The van der Waals surface area contributed by atoms with Crippen LogP contribution < -0.4 is 5.32 Å². The maximum absolute atomic E-state index is 12.8. The summed E-state index contributed by atoms with van der Waals surface area (Å²) < 4.78 is 12.8. The summed E-state index contributed by atoms with van der Waals surface area (Å²) in [5, 5.41) is 22.0. The highest BCUT2D eigenvalue weighted by atomic mass is 19.1. The lowest BCUT2D eigenvalue weighted by Gasteiger charge is -2.19. The summed E-state index contributed by atoms with van der Waals surface area (Å²) in [6.07, 6.45) is 1.39. The Balaban J connectivity index is 1.92. The topological polar surface area (TPSA) is 68.9 Å². The molecule has 0 aliphatic rings. The van der Waals surface area contributed by atoms with Crippen LogP contribution in [0.3, 0.4) is 0 Å². The predicted molar refractivity (Wildman–Crippen MR) is 78.0 cm³/mol. The van der Waals surface area contributed by atoms with Gasteiger partial charge >= 0.3 is 0 Å². The smallest absolute Gasteiger partial charge is 0.140 e. The average Bonchev–Trinajstić information content (AvgIpc) is 2.48. The molecule has 2 aromatic rings. The highest BCUT2D eigenvalue weighted by Crippen LogP contribution is 2.20. The molecular formula is C16H16FN3O. The summed E-state index contributed by atoms with van der Waals surface area (Å²) in [7, 11) is 0. The molecule has 1 aromatic heterocycles. The van der Waals surface area contributed by atoms with Crippen molar-refractivity contribution in [1.29, 1.82) is 5.26 Å². The van der Waals surface area contributed by atoms with Gasteiger partial charge in [0.15, 0.2) is 0 Å². The first-order valence-electron chi connectivity index (χ1n) is 6.64. The van der Waals surface area contributed by atoms with Crippen molar-refractivity contribution >= 4 is 5.69 Å². The SMILES string of the molecule is C[C@@H](C[C@H](O)c1ccc(F)cc1)Nc1ccc(C#N)nc1. The number of anilines is 1. The Morgan fingerprint density at radius 3 is 2.57 bits per heavy atom. The van der Waals surface area contributed by atoms with Crippen molar-refractivity contribution < 1.29 is 9.50 Å². The van der Waals surface area contributed by atoms with E-state index in [1.165, 1.54) is 12.1 Å². The molecular weight excluding hydrogens is 269 g/mol. The third kappa shape index (κ3) is 4.26. The molecule has 0 unspecified atom stereocenters. The van der Waals surface area contributed by atoms with Crippen LogP contribution in [0.4, 0.5) is 10.1 Å². The van der Waals surface area contributed by atoms with Gasteiger partial charge in [-0.25, -0.2) is 9.37 Å². The van der Waals surface area contributed by atoms with E-state index in [2.05, 4.69) is 10.3 Å². The molecule has 0 fully saturated rings. The molecule has 0 saturated carbocycles. The van der Waals surface area contributed by atoms with Crippen molar-refractivity contribution in [3.05, 3.63) is 59.7 Å². The van der Waals surface area contributed by atoms with Gasteiger partial charge in [0, 0.05) is 6.04 Å². The van der Waals surface area contributed by atoms with E-state index in [9.17, 15) is 9.50 Å². The van der Waals surface area contributed by atoms with Gasteiger partial charge in [-0.15, -0.1) is 0 Å². The molecule has 0 radical (unpaired) electrons. The zero-order valence-electron chi connectivity index (χ0n) is 11.6. The maximum Gasteiger partial charge on any atom is 0.140 e. The first-order chi connectivity index (χ1) is 10.1. The van der Waals surface area contributed by atoms with Crippen LogP contribution in [-0.4, -0.2) is 16.1 Å². The third-order valence-electron chi connectivity index (χ3n) is 3.12. The van der Waals surface area contributed by atoms with E-state index < -0.39 is 6.10 Å². The highest BCUT2D eigenvalue weighted by molar-refractivity contribution is 5.43. The molecule has 21 heavy (non-hydrogen) atoms. The molecule has 2 atom stereocenters. The highest BCUT2D eigenvalue weighted by Gasteiger charge is 2.12. The molecule has 4 nitrogen and oxygen atoms in total. The Labute approximate surface area is 122 Å². The second-order valence-electron chi connectivity index (χ2n) is 4.89. The summed E-state index contributed by atoms with van der Waals surface area (Å²) in [5.74, 6) is -0.319. The number of aliphatic hydroxyl groups excluding tert-OH is 1. The number of benzene rings is 1. The largest absolute Gasteiger partial charge is 0.388 e. The molecule has 2 N–H and O–H groups in total. The van der Waals surface area contributed by atoms with Gasteiger partial charge in [-0.1, -0.05) is 12.1 Å². The molecule has 0 bridgehead atoms. The lowest BCUT2D eigenvalue weighted by atomic mass is 10.0. The van der Waals surface area contributed by atoms with Crippen LogP contribution in [0.1, 0.15) is 30.7 Å². The predicted octanol–water partition coefficient (Wildman–Crippen LogP) is 3.02. The van der Waals surface area contributed by atoms with Gasteiger partial charge in [-0.3, -0.25) is 0 Å². The van der Waals surface area contributed by atoms with Crippen molar-refractivity contribution in [3.63, 3.8) is 0 Å². The minimum absolute atomic E-state index is 0.000196. The second-order valence-corrected chi connectivity index (χ2v) is 4.89. The van der Waals surface area contributed by atoms with Crippen molar-refractivity contribution in [3.8, 4) is 6.07 Å². The fourth-order valence-corrected chi connectivity index (χ4v) is 2.04. The minimum atomic E-state index is -0.667. The number of nitriles is 1. The molecule has 0 saturated heterocycles. The second kappa shape index (κ2) is 6.82. The molecule has 5 heteroatoms. The van der Waals surface area contributed by atoms with Crippen LogP contribution in [0.25, 0.3) is 0 Å². The number of rotatable bonds is 5. The van der Waals surface area contributed by atoms with E-state index in [0.717, 1.165) is 5.69 Å². The van der Waals surface area contributed by atoms with Crippen molar-refractivity contribution in [2.24, 2.45) is 0 Å². The Kier molecular flexibility index (Phi) is 4.85. The van der Waals surface area contributed by atoms with Crippen LogP contribution in [0.5, 0.6) is 0 Å². The zero-order chi connectivity index (χ0) is 15.2. The summed E-state index contributed by atoms with van der Waals surface area (Å²) in [5.41, 5.74) is 1.83. The van der Waals surface area contributed by atoms with Gasteiger partial charge in [0.25, 0.3) is 0 Å². The zero-order valence-corrected chi connectivity index (χ0v) is 11.6. The summed E-state index contributed by atoms with van der Waals surface area (Å²) in [6.45, 7) is 1.94. The average molecular weight is 285 g/mol. The van der Waals surface area contributed by atoms with Gasteiger partial charge in [-0.05, 0) is 43.2 Å². The van der Waals surface area contributed by atoms with Crippen molar-refractivity contribution in [2.45, 2.75) is 25.5 Å². The lowest BCUT2D eigenvalue weighted by molar-refractivity contribution is 0.162. The van der Waals surface area contributed by atoms with E-state index >= 15 is 0 Å². The maximum atomic E-state index is 12.8. The number of halogens is 1. The van der Waals surface area contributed by atoms with E-state index in [4.69, 9.17) is 5.26 Å². The fourth-order valence-electron chi connectivity index (χ4n) is 2.04. The van der Waals surface area contributed by atoms with Gasteiger partial charge in [0.2, 0.25) is 0 Å². The minimum Gasteiger partial charge on any atom is -0.388 e. The van der Waals surface area contributed by atoms with E-state index in [1.807, 2.05) is 13.0 Å². The molecule has 0 aliphatic heterocycles. The van der Waals surface area contributed by atoms with E-state index in [0.29, 0.717) is 17.7 Å². The van der Waals surface area contributed by atoms with Crippen LogP contribution in [0, 0.1) is 17.1 Å². The van der Waals surface area contributed by atoms with Gasteiger partial charge in [-0.2, -0.15) is 5.26 Å². The van der Waals surface area contributed by atoms with E-state index in [-0.39, 0.29) is 11.9 Å². The first-order valence-corrected chi connectivity index (χ1v) is 6.64. The first kappa shape index (κ1) is 14.9. The van der Waals surface area contributed by atoms with E-state index in [1.54, 1.807) is 30.5 Å². The molecule has 2 rings (SSSR count). The summed E-state index contributed by atoms with van der Waals surface area (Å²) >= 11 is 0. The monoisotopic (exact) mass is 285 g/mol. The van der Waals surface area contributed by atoms with Crippen LogP contribution in [0.15, 0.2) is 42.6 Å². The fraction of sp³-hybridized carbons (Fsp3) is 0.250. The number of nitrogens with zero attached hydrogens (tertiary/aromatic N) is 2. The third-order valence-corrected chi connectivity index (χ3v) is 3.12. The molecule has 1 aromatic carbocycles. The molecule has 108 valence electrons. The number of nitrogens with one attached hydrogen (secondary N) is 1. The Morgan fingerprint density at radius 2 is 2.00 bits per heavy atom. The quantitative estimate of drug-likeness (QED) is 0.886. The van der Waals surface area contributed by atoms with Gasteiger partial charge in [0.1, 0.15) is 17.6 Å². The Morgan fingerprint density at radius 1 is 1.29 bits per heavy atom. The van der Waals surface area contributed by atoms with Crippen LogP contribution in [-0.2, 0) is 0 Å². The van der Waals surface area contributed by atoms with Gasteiger partial charge < -0.3 is 10.4 Å². The number of aliphatic hydroxyl groups is 1. The lowest BCUT2D eigenvalue weighted by Crippen LogP contribution is -2.18. The van der Waals surface area contributed by atoms with Crippen molar-refractivity contribution in [2.75, 3.05) is 5.32 Å². The number of aromatic nitrogens is 1. The molecule has 0 spiro atoms. The number of hydrogen-bond donors (Lipinski definition) is 2. The molecule has 0 amide bonds. The van der Waals surface area contributed by atoms with Crippen LogP contribution >= 0.6 is 0 Å². The normalized spacial score (nSPS) is 13.2.